The van der Waals surface area contributed by atoms with Crippen molar-refractivity contribution in [2.45, 2.75) is 58.9 Å². The van der Waals surface area contributed by atoms with Crippen LogP contribution in [0.15, 0.2) is 18.3 Å². The number of nitrogens with zero attached hydrogens (tertiary/aromatic N) is 1. The average molecular weight is 264 g/mol. The number of ether oxygens (including phenoxy) is 1. The number of pyridine rings is 1. The van der Waals surface area contributed by atoms with Gasteiger partial charge in [0.1, 0.15) is 5.75 Å². The zero-order valence-electron chi connectivity index (χ0n) is 12.6. The predicted molar refractivity (Wildman–Crippen MR) is 80.6 cm³/mol. The van der Waals surface area contributed by atoms with Crippen LogP contribution in [0.2, 0.25) is 0 Å². The first-order chi connectivity index (χ1) is 9.27. The summed E-state index contributed by atoms with van der Waals surface area (Å²) in [5.41, 5.74) is 1.07. The summed E-state index contributed by atoms with van der Waals surface area (Å²) in [7, 11) is 0. The molecule has 0 fully saturated rings. The maximum Gasteiger partial charge on any atom is 0.137 e. The van der Waals surface area contributed by atoms with E-state index in [1.165, 1.54) is 25.7 Å². The number of hydrogen-bond donors (Lipinski definition) is 1. The van der Waals surface area contributed by atoms with E-state index in [4.69, 9.17) is 4.74 Å². The zero-order valence-corrected chi connectivity index (χ0v) is 12.6. The molecule has 0 saturated heterocycles. The van der Waals surface area contributed by atoms with Gasteiger partial charge in [-0.25, -0.2) is 0 Å². The Morgan fingerprint density at radius 3 is 2.58 bits per heavy atom. The van der Waals surface area contributed by atoms with Gasteiger partial charge < -0.3 is 10.1 Å². The molecular weight excluding hydrogens is 236 g/mol. The molecule has 1 heterocycles. The third kappa shape index (κ3) is 6.58. The standard InChI is InChI=1S/C16H28N2O/c1-4-6-7-8-9-12-19-15-10-11-16(18-13-15)14(3)17-5-2/h10-11,13-14,17H,4-9,12H2,1-3H3. The van der Waals surface area contributed by atoms with Crippen LogP contribution in [0.4, 0.5) is 0 Å². The Hall–Kier alpha value is -1.09. The van der Waals surface area contributed by atoms with Gasteiger partial charge in [0.2, 0.25) is 0 Å². The van der Waals surface area contributed by atoms with Crippen LogP contribution in [-0.2, 0) is 0 Å². The van der Waals surface area contributed by atoms with Crippen LogP contribution < -0.4 is 10.1 Å². The van der Waals surface area contributed by atoms with E-state index in [0.29, 0.717) is 6.04 Å². The fourth-order valence-electron chi connectivity index (χ4n) is 2.04. The molecular formula is C16H28N2O. The van der Waals surface area contributed by atoms with E-state index >= 15 is 0 Å². The lowest BCUT2D eigenvalue weighted by molar-refractivity contribution is 0.303. The lowest BCUT2D eigenvalue weighted by atomic mass is 10.2. The van der Waals surface area contributed by atoms with Crippen LogP contribution in [0.1, 0.15) is 64.6 Å². The average Bonchev–Trinajstić information content (AvgIpc) is 2.43. The molecule has 0 spiro atoms. The molecule has 0 bridgehead atoms. The maximum absolute atomic E-state index is 5.70. The molecule has 1 N–H and O–H groups in total. The van der Waals surface area contributed by atoms with Crippen LogP contribution in [0.25, 0.3) is 0 Å². The highest BCUT2D eigenvalue weighted by Crippen LogP contribution is 2.14. The number of nitrogens with one attached hydrogen (secondary N) is 1. The number of rotatable bonds is 10. The summed E-state index contributed by atoms with van der Waals surface area (Å²) in [4.78, 5) is 4.44. The molecule has 1 atom stereocenters. The minimum absolute atomic E-state index is 0.299. The molecule has 0 aliphatic carbocycles. The molecule has 19 heavy (non-hydrogen) atoms. The number of hydrogen-bond acceptors (Lipinski definition) is 3. The van der Waals surface area contributed by atoms with Crippen molar-refractivity contribution in [2.75, 3.05) is 13.2 Å². The van der Waals surface area contributed by atoms with E-state index in [0.717, 1.165) is 31.0 Å². The smallest absolute Gasteiger partial charge is 0.137 e. The Balaban J connectivity index is 2.24. The van der Waals surface area contributed by atoms with Crippen molar-refractivity contribution >= 4 is 0 Å². The van der Waals surface area contributed by atoms with Gasteiger partial charge in [0, 0.05) is 6.04 Å². The highest BCUT2D eigenvalue weighted by atomic mass is 16.5. The van der Waals surface area contributed by atoms with Crippen LogP contribution >= 0.6 is 0 Å². The third-order valence-electron chi connectivity index (χ3n) is 3.23. The lowest BCUT2D eigenvalue weighted by Crippen LogP contribution is -2.18. The first-order valence-electron chi connectivity index (χ1n) is 7.60. The van der Waals surface area contributed by atoms with Crippen molar-refractivity contribution < 1.29 is 4.74 Å². The molecule has 0 aliphatic rings. The first-order valence-corrected chi connectivity index (χ1v) is 7.60. The van der Waals surface area contributed by atoms with Crippen molar-refractivity contribution in [1.82, 2.24) is 10.3 Å². The van der Waals surface area contributed by atoms with Gasteiger partial charge in [-0.2, -0.15) is 0 Å². The summed E-state index contributed by atoms with van der Waals surface area (Å²) in [6, 6.07) is 4.36. The predicted octanol–water partition coefficient (Wildman–Crippen LogP) is 4.10. The normalized spacial score (nSPS) is 12.4. The van der Waals surface area contributed by atoms with Crippen molar-refractivity contribution in [3.8, 4) is 5.75 Å². The van der Waals surface area contributed by atoms with E-state index in [9.17, 15) is 0 Å². The molecule has 1 rings (SSSR count). The van der Waals surface area contributed by atoms with Gasteiger partial charge in [0.15, 0.2) is 0 Å². The Kier molecular flexibility index (Phi) is 8.23. The second-order valence-corrected chi connectivity index (χ2v) is 4.96. The van der Waals surface area contributed by atoms with E-state index in [1.54, 1.807) is 0 Å². The molecule has 1 unspecified atom stereocenters. The minimum Gasteiger partial charge on any atom is -0.492 e. The van der Waals surface area contributed by atoms with E-state index in [1.807, 2.05) is 18.3 Å². The highest BCUT2D eigenvalue weighted by Gasteiger charge is 2.04. The Bertz CT molecular complexity index is 324. The quantitative estimate of drug-likeness (QED) is 0.646. The van der Waals surface area contributed by atoms with Gasteiger partial charge in [0.05, 0.1) is 18.5 Å². The Labute approximate surface area is 117 Å². The van der Waals surface area contributed by atoms with E-state index in [-0.39, 0.29) is 0 Å². The molecule has 3 nitrogen and oxygen atoms in total. The third-order valence-corrected chi connectivity index (χ3v) is 3.23. The molecule has 1 aromatic heterocycles. The summed E-state index contributed by atoms with van der Waals surface area (Å²) in [5, 5.41) is 3.35. The molecule has 0 radical (unpaired) electrons. The summed E-state index contributed by atoms with van der Waals surface area (Å²) in [6.07, 6.45) is 8.16. The van der Waals surface area contributed by atoms with Gasteiger partial charge in [0.25, 0.3) is 0 Å². The summed E-state index contributed by atoms with van der Waals surface area (Å²) in [5.74, 6) is 0.878. The summed E-state index contributed by atoms with van der Waals surface area (Å²) in [6.45, 7) is 8.22. The van der Waals surface area contributed by atoms with E-state index in [2.05, 4.69) is 31.1 Å². The van der Waals surface area contributed by atoms with Crippen molar-refractivity contribution in [2.24, 2.45) is 0 Å². The zero-order chi connectivity index (χ0) is 13.9. The van der Waals surface area contributed by atoms with Crippen LogP contribution in [0.5, 0.6) is 5.75 Å². The van der Waals surface area contributed by atoms with Gasteiger partial charge >= 0.3 is 0 Å². The summed E-state index contributed by atoms with van der Waals surface area (Å²) < 4.78 is 5.70. The second kappa shape index (κ2) is 9.79. The number of unbranched alkanes of at least 4 members (excludes halogenated alkanes) is 4. The second-order valence-electron chi connectivity index (χ2n) is 4.96. The molecule has 1 aromatic rings. The maximum atomic E-state index is 5.70. The van der Waals surface area contributed by atoms with Crippen LogP contribution in [0.3, 0.4) is 0 Å². The monoisotopic (exact) mass is 264 g/mol. The van der Waals surface area contributed by atoms with Crippen LogP contribution in [0, 0.1) is 0 Å². The van der Waals surface area contributed by atoms with Crippen molar-refractivity contribution in [1.29, 1.82) is 0 Å². The van der Waals surface area contributed by atoms with Crippen molar-refractivity contribution in [3.63, 3.8) is 0 Å². The molecule has 0 amide bonds. The van der Waals surface area contributed by atoms with Crippen molar-refractivity contribution in [3.05, 3.63) is 24.0 Å². The Morgan fingerprint density at radius 1 is 1.16 bits per heavy atom. The number of aromatic nitrogens is 1. The topological polar surface area (TPSA) is 34.1 Å². The highest BCUT2D eigenvalue weighted by molar-refractivity contribution is 5.21. The van der Waals surface area contributed by atoms with Crippen LogP contribution in [-0.4, -0.2) is 18.1 Å². The molecule has 0 aliphatic heterocycles. The van der Waals surface area contributed by atoms with Gasteiger partial charge in [-0.1, -0.05) is 39.5 Å². The SMILES string of the molecule is CCCCCCCOc1ccc(C(C)NCC)nc1. The molecule has 0 aromatic carbocycles. The molecule has 3 heteroatoms. The van der Waals surface area contributed by atoms with Gasteiger partial charge in [-0.3, -0.25) is 4.98 Å². The molecule has 0 saturated carbocycles. The summed E-state index contributed by atoms with van der Waals surface area (Å²) >= 11 is 0. The lowest BCUT2D eigenvalue weighted by Gasteiger charge is -2.12. The van der Waals surface area contributed by atoms with Gasteiger partial charge in [-0.15, -0.1) is 0 Å². The minimum atomic E-state index is 0.299. The fraction of sp³-hybridized carbons (Fsp3) is 0.688. The molecule has 108 valence electrons. The van der Waals surface area contributed by atoms with Gasteiger partial charge in [-0.05, 0) is 32.0 Å². The fourth-order valence-corrected chi connectivity index (χ4v) is 2.04. The first kappa shape index (κ1) is 16.0. The Morgan fingerprint density at radius 2 is 1.95 bits per heavy atom. The van der Waals surface area contributed by atoms with E-state index < -0.39 is 0 Å². The largest absolute Gasteiger partial charge is 0.492 e.